The van der Waals surface area contributed by atoms with Crippen LogP contribution in [0.3, 0.4) is 0 Å². The van der Waals surface area contributed by atoms with E-state index >= 15 is 0 Å². The first kappa shape index (κ1) is 21.3. The highest BCUT2D eigenvalue weighted by molar-refractivity contribution is 5.91. The van der Waals surface area contributed by atoms with Crippen LogP contribution in [0.5, 0.6) is 0 Å². The van der Waals surface area contributed by atoms with Crippen molar-refractivity contribution >= 4 is 11.8 Å². The molecule has 1 atom stereocenters. The molecule has 0 N–H and O–H groups in total. The lowest BCUT2D eigenvalue weighted by Gasteiger charge is -2.40. The van der Waals surface area contributed by atoms with E-state index in [1.165, 1.54) is 11.1 Å². The molecule has 0 unspecified atom stereocenters. The second-order valence-electron chi connectivity index (χ2n) is 9.86. The predicted octanol–water partition coefficient (Wildman–Crippen LogP) is 3.41. The lowest BCUT2D eigenvalue weighted by atomic mass is 9.73. The van der Waals surface area contributed by atoms with Crippen LogP contribution >= 0.6 is 0 Å². The maximum atomic E-state index is 13.1. The predicted molar refractivity (Wildman–Crippen MR) is 123 cm³/mol. The Morgan fingerprint density at radius 3 is 2.38 bits per heavy atom. The van der Waals surface area contributed by atoms with Gasteiger partial charge in [-0.15, -0.1) is 0 Å². The van der Waals surface area contributed by atoms with Crippen LogP contribution in [-0.2, 0) is 10.2 Å². The fourth-order valence-electron chi connectivity index (χ4n) is 5.92. The van der Waals surface area contributed by atoms with E-state index in [9.17, 15) is 9.59 Å². The Labute approximate surface area is 190 Å². The normalized spacial score (nSPS) is 22.9. The minimum atomic E-state index is -0.0129. The van der Waals surface area contributed by atoms with E-state index in [2.05, 4.69) is 36.2 Å². The van der Waals surface area contributed by atoms with Crippen LogP contribution in [0, 0.1) is 6.92 Å². The van der Waals surface area contributed by atoms with Gasteiger partial charge in [-0.3, -0.25) is 9.59 Å². The summed E-state index contributed by atoms with van der Waals surface area (Å²) in [7, 11) is 2.11. The van der Waals surface area contributed by atoms with E-state index in [1.807, 2.05) is 22.8 Å². The van der Waals surface area contributed by atoms with Gasteiger partial charge in [-0.2, -0.15) is 0 Å². The molecular weight excluding hydrogens is 402 g/mol. The van der Waals surface area contributed by atoms with Crippen molar-refractivity contribution in [2.45, 2.75) is 43.9 Å². The standard InChI is InChI=1S/C26H33N3O3/c1-19-7-8-23(32-19)25(31)29-11-9-26(10-12-29)18-20(21-5-3-4-6-22(21)26)17-24(30)28-15-13-27(2)14-16-28/h3-8,20H,9-18H2,1-2H3/t20-/m1/s1. The summed E-state index contributed by atoms with van der Waals surface area (Å²) in [5.74, 6) is 1.74. The molecule has 1 spiro atoms. The van der Waals surface area contributed by atoms with E-state index in [4.69, 9.17) is 4.42 Å². The number of piperidine rings is 1. The molecule has 2 saturated heterocycles. The molecule has 1 aromatic carbocycles. The first-order valence-electron chi connectivity index (χ1n) is 11.9. The first-order valence-corrected chi connectivity index (χ1v) is 11.9. The molecule has 2 aromatic rings. The van der Waals surface area contributed by atoms with Crippen molar-refractivity contribution in [2.24, 2.45) is 0 Å². The number of carbonyl (C=O) groups excluding carboxylic acids is 2. The largest absolute Gasteiger partial charge is 0.456 e. The van der Waals surface area contributed by atoms with Gasteiger partial charge in [0.05, 0.1) is 0 Å². The van der Waals surface area contributed by atoms with Crippen molar-refractivity contribution in [2.75, 3.05) is 46.3 Å². The van der Waals surface area contributed by atoms with E-state index in [1.54, 1.807) is 6.07 Å². The number of likely N-dealkylation sites (tertiary alicyclic amines) is 1. The van der Waals surface area contributed by atoms with Crippen molar-refractivity contribution < 1.29 is 14.0 Å². The van der Waals surface area contributed by atoms with Crippen LogP contribution in [0.25, 0.3) is 0 Å². The second-order valence-corrected chi connectivity index (χ2v) is 9.86. The van der Waals surface area contributed by atoms with Crippen LogP contribution in [-0.4, -0.2) is 72.8 Å². The lowest BCUT2D eigenvalue weighted by Crippen LogP contribution is -2.47. The van der Waals surface area contributed by atoms with Gasteiger partial charge in [0.1, 0.15) is 5.76 Å². The van der Waals surface area contributed by atoms with Crippen molar-refractivity contribution in [1.29, 1.82) is 0 Å². The average molecular weight is 436 g/mol. The van der Waals surface area contributed by atoms with Crippen molar-refractivity contribution in [3.8, 4) is 0 Å². The molecule has 1 aromatic heterocycles. The van der Waals surface area contributed by atoms with Gasteiger partial charge in [0.25, 0.3) is 5.91 Å². The number of nitrogens with zero attached hydrogens (tertiary/aromatic N) is 3. The highest BCUT2D eigenvalue weighted by Crippen LogP contribution is 2.52. The van der Waals surface area contributed by atoms with Crippen LogP contribution in [0.1, 0.15) is 59.0 Å². The summed E-state index contributed by atoms with van der Waals surface area (Å²) in [6, 6.07) is 12.3. The highest BCUT2D eigenvalue weighted by atomic mass is 16.3. The molecule has 3 heterocycles. The fourth-order valence-corrected chi connectivity index (χ4v) is 5.92. The summed E-state index contributed by atoms with van der Waals surface area (Å²) in [6.45, 7) is 6.89. The third-order valence-corrected chi connectivity index (χ3v) is 7.85. The van der Waals surface area contributed by atoms with Gasteiger partial charge in [0.2, 0.25) is 5.91 Å². The van der Waals surface area contributed by atoms with Gasteiger partial charge >= 0.3 is 0 Å². The zero-order chi connectivity index (χ0) is 22.3. The van der Waals surface area contributed by atoms with Gasteiger partial charge in [0.15, 0.2) is 5.76 Å². The van der Waals surface area contributed by atoms with Crippen molar-refractivity contribution in [3.63, 3.8) is 0 Å². The number of rotatable bonds is 3. The Kier molecular flexibility index (Phi) is 5.58. The average Bonchev–Trinajstić information content (AvgIpc) is 3.36. The quantitative estimate of drug-likeness (QED) is 0.741. The van der Waals surface area contributed by atoms with E-state index in [0.717, 1.165) is 64.3 Å². The number of benzene rings is 1. The number of amides is 2. The zero-order valence-corrected chi connectivity index (χ0v) is 19.2. The number of aryl methyl sites for hydroxylation is 1. The number of hydrogen-bond acceptors (Lipinski definition) is 4. The zero-order valence-electron chi connectivity index (χ0n) is 19.2. The van der Waals surface area contributed by atoms with Gasteiger partial charge in [-0.25, -0.2) is 0 Å². The minimum Gasteiger partial charge on any atom is -0.456 e. The monoisotopic (exact) mass is 435 g/mol. The summed E-state index contributed by atoms with van der Waals surface area (Å²) < 4.78 is 5.56. The fraction of sp³-hybridized carbons (Fsp3) is 0.538. The molecule has 2 amide bonds. The molecule has 6 heteroatoms. The van der Waals surface area contributed by atoms with Crippen LogP contribution in [0.15, 0.2) is 40.8 Å². The van der Waals surface area contributed by atoms with Crippen molar-refractivity contribution in [1.82, 2.24) is 14.7 Å². The maximum Gasteiger partial charge on any atom is 0.289 e. The van der Waals surface area contributed by atoms with Crippen LogP contribution < -0.4 is 0 Å². The molecule has 0 bridgehead atoms. The molecular formula is C26H33N3O3. The molecule has 2 fully saturated rings. The molecule has 2 aliphatic heterocycles. The number of carbonyl (C=O) groups is 2. The highest BCUT2D eigenvalue weighted by Gasteiger charge is 2.46. The Morgan fingerprint density at radius 1 is 0.969 bits per heavy atom. The van der Waals surface area contributed by atoms with Gasteiger partial charge in [0, 0.05) is 45.7 Å². The smallest absolute Gasteiger partial charge is 0.289 e. The lowest BCUT2D eigenvalue weighted by molar-refractivity contribution is -0.133. The Hall–Kier alpha value is -2.60. The molecule has 0 saturated carbocycles. The Bertz CT molecular complexity index is 997. The maximum absolute atomic E-state index is 13.1. The Morgan fingerprint density at radius 2 is 1.69 bits per heavy atom. The number of piperazine rings is 1. The van der Waals surface area contributed by atoms with Crippen molar-refractivity contribution in [3.05, 3.63) is 59.0 Å². The SMILES string of the molecule is Cc1ccc(C(=O)N2CCC3(CC2)C[C@@H](CC(=O)N2CCN(C)CC2)c2ccccc23)o1. The Balaban J connectivity index is 1.28. The van der Waals surface area contributed by atoms with E-state index in [-0.39, 0.29) is 23.1 Å². The summed E-state index contributed by atoms with van der Waals surface area (Å²) in [5, 5.41) is 0. The van der Waals surface area contributed by atoms with Gasteiger partial charge in [-0.1, -0.05) is 24.3 Å². The minimum absolute atomic E-state index is 0.0129. The first-order chi connectivity index (χ1) is 15.4. The summed E-state index contributed by atoms with van der Waals surface area (Å²) in [5.41, 5.74) is 2.81. The summed E-state index contributed by atoms with van der Waals surface area (Å²) >= 11 is 0. The van der Waals surface area contributed by atoms with Crippen LogP contribution in [0.2, 0.25) is 0 Å². The molecule has 3 aliphatic rings. The van der Waals surface area contributed by atoms with Crippen LogP contribution in [0.4, 0.5) is 0 Å². The summed E-state index contributed by atoms with van der Waals surface area (Å²) in [4.78, 5) is 32.2. The molecule has 0 radical (unpaired) electrons. The topological polar surface area (TPSA) is 57.0 Å². The number of likely N-dealkylation sites (N-methyl/N-ethyl adjacent to an activating group) is 1. The number of hydrogen-bond donors (Lipinski definition) is 0. The van der Waals surface area contributed by atoms with Gasteiger partial charge < -0.3 is 19.1 Å². The number of furan rings is 1. The molecule has 6 nitrogen and oxygen atoms in total. The molecule has 5 rings (SSSR count). The molecule has 170 valence electrons. The second kappa shape index (κ2) is 8.39. The van der Waals surface area contributed by atoms with E-state index < -0.39 is 0 Å². The molecule has 1 aliphatic carbocycles. The van der Waals surface area contributed by atoms with Gasteiger partial charge in [-0.05, 0) is 67.8 Å². The van der Waals surface area contributed by atoms with E-state index in [0.29, 0.717) is 12.2 Å². The number of fused-ring (bicyclic) bond motifs is 2. The third-order valence-electron chi connectivity index (χ3n) is 7.85. The third kappa shape index (κ3) is 3.85. The summed E-state index contributed by atoms with van der Waals surface area (Å²) in [6.07, 6.45) is 3.48. The molecule has 32 heavy (non-hydrogen) atoms.